The molecular weight excluding hydrogens is 237 g/mol. The lowest BCUT2D eigenvalue weighted by atomic mass is 10.1. The second-order valence-electron chi connectivity index (χ2n) is 3.59. The predicted octanol–water partition coefficient (Wildman–Crippen LogP) is 2.79. The molecule has 88 valence electrons. The van der Waals surface area contributed by atoms with Crippen molar-refractivity contribution in [3.8, 4) is 0 Å². The molecule has 0 amide bonds. The Morgan fingerprint density at radius 1 is 1.35 bits per heavy atom. The van der Waals surface area contributed by atoms with Crippen LogP contribution in [0.15, 0.2) is 46.7 Å². The predicted molar refractivity (Wildman–Crippen MR) is 65.2 cm³/mol. The van der Waals surface area contributed by atoms with Gasteiger partial charge in [0.1, 0.15) is 10.8 Å². The molecule has 3 nitrogen and oxygen atoms in total. The van der Waals surface area contributed by atoms with Crippen LogP contribution in [0.3, 0.4) is 0 Å². The molecular formula is C12H12FN3S. The van der Waals surface area contributed by atoms with Crippen molar-refractivity contribution in [1.29, 1.82) is 0 Å². The van der Waals surface area contributed by atoms with Crippen LogP contribution >= 0.6 is 11.8 Å². The van der Waals surface area contributed by atoms with Gasteiger partial charge >= 0.3 is 0 Å². The van der Waals surface area contributed by atoms with Gasteiger partial charge in [0.25, 0.3) is 0 Å². The molecule has 17 heavy (non-hydrogen) atoms. The fourth-order valence-corrected chi connectivity index (χ4v) is 2.41. The first-order valence-corrected chi connectivity index (χ1v) is 5.98. The van der Waals surface area contributed by atoms with E-state index in [9.17, 15) is 4.39 Å². The molecule has 0 spiro atoms. The minimum atomic E-state index is -0.282. The Bertz CT molecular complexity index is 502. The Morgan fingerprint density at radius 2 is 2.18 bits per heavy atom. The molecule has 0 aliphatic rings. The summed E-state index contributed by atoms with van der Waals surface area (Å²) in [5, 5.41) is 0.652. The van der Waals surface area contributed by atoms with E-state index in [0.29, 0.717) is 9.92 Å². The molecule has 1 aromatic heterocycles. The second-order valence-corrected chi connectivity index (χ2v) is 4.62. The quantitative estimate of drug-likeness (QED) is 0.908. The summed E-state index contributed by atoms with van der Waals surface area (Å²) in [6, 6.07) is 4.69. The number of nitrogens with two attached hydrogens (primary N) is 1. The molecule has 0 saturated carbocycles. The molecule has 0 unspecified atom stereocenters. The average Bonchev–Trinajstić information content (AvgIpc) is 2.33. The fraction of sp³-hybridized carbons (Fsp3) is 0.167. The highest BCUT2D eigenvalue weighted by Gasteiger charge is 2.13. The largest absolute Gasteiger partial charge is 0.324 e. The van der Waals surface area contributed by atoms with Gasteiger partial charge in [-0.3, -0.25) is 4.98 Å². The van der Waals surface area contributed by atoms with E-state index in [4.69, 9.17) is 5.73 Å². The second kappa shape index (κ2) is 5.25. The summed E-state index contributed by atoms with van der Waals surface area (Å²) in [6.07, 6.45) is 4.76. The van der Waals surface area contributed by atoms with Crippen molar-refractivity contribution in [3.05, 3.63) is 48.2 Å². The summed E-state index contributed by atoms with van der Waals surface area (Å²) in [5.41, 5.74) is 6.60. The van der Waals surface area contributed by atoms with Gasteiger partial charge in [0.2, 0.25) is 0 Å². The number of benzene rings is 1. The maximum absolute atomic E-state index is 13.8. The SMILES string of the molecule is C[C@@H](N)c1cccc(F)c1Sc1cnccn1. The average molecular weight is 249 g/mol. The molecule has 1 aromatic carbocycles. The van der Waals surface area contributed by atoms with Crippen LogP contribution in [0.2, 0.25) is 0 Å². The van der Waals surface area contributed by atoms with E-state index in [0.717, 1.165) is 5.56 Å². The highest BCUT2D eigenvalue weighted by molar-refractivity contribution is 7.99. The third-order valence-corrected chi connectivity index (χ3v) is 3.29. The fourth-order valence-electron chi connectivity index (χ4n) is 1.43. The minimum Gasteiger partial charge on any atom is -0.324 e. The number of aromatic nitrogens is 2. The maximum atomic E-state index is 13.8. The van der Waals surface area contributed by atoms with Gasteiger partial charge < -0.3 is 5.73 Å². The van der Waals surface area contributed by atoms with Crippen LogP contribution < -0.4 is 5.73 Å². The molecule has 5 heteroatoms. The van der Waals surface area contributed by atoms with E-state index in [1.54, 1.807) is 24.7 Å². The number of halogens is 1. The van der Waals surface area contributed by atoms with Crippen LogP contribution in [-0.2, 0) is 0 Å². The van der Waals surface area contributed by atoms with Gasteiger partial charge in [-0.15, -0.1) is 0 Å². The van der Waals surface area contributed by atoms with Gasteiger partial charge in [0.05, 0.1) is 11.1 Å². The molecule has 0 saturated heterocycles. The van der Waals surface area contributed by atoms with Crippen LogP contribution in [0.25, 0.3) is 0 Å². The summed E-state index contributed by atoms with van der Waals surface area (Å²) in [4.78, 5) is 8.57. The van der Waals surface area contributed by atoms with Crippen molar-refractivity contribution in [2.45, 2.75) is 22.9 Å². The standard InChI is InChI=1S/C12H12FN3S/c1-8(14)9-3-2-4-10(13)12(9)17-11-7-15-5-6-16-11/h2-8H,14H2,1H3/t8-/m1/s1. The molecule has 0 radical (unpaired) electrons. The third kappa shape index (κ3) is 2.81. The molecule has 0 bridgehead atoms. The molecule has 1 heterocycles. The number of rotatable bonds is 3. The molecule has 2 rings (SSSR count). The zero-order valence-corrected chi connectivity index (χ0v) is 10.1. The van der Waals surface area contributed by atoms with E-state index in [2.05, 4.69) is 9.97 Å². The van der Waals surface area contributed by atoms with Gasteiger partial charge in [-0.1, -0.05) is 23.9 Å². The highest BCUT2D eigenvalue weighted by atomic mass is 32.2. The number of hydrogen-bond acceptors (Lipinski definition) is 4. The molecule has 0 aliphatic carbocycles. The highest BCUT2D eigenvalue weighted by Crippen LogP contribution is 2.33. The van der Waals surface area contributed by atoms with E-state index in [-0.39, 0.29) is 11.9 Å². The van der Waals surface area contributed by atoms with Crippen LogP contribution in [0, 0.1) is 5.82 Å². The number of nitrogens with zero attached hydrogens (tertiary/aromatic N) is 2. The van der Waals surface area contributed by atoms with Crippen molar-refractivity contribution >= 4 is 11.8 Å². The van der Waals surface area contributed by atoms with Gasteiger partial charge in [0, 0.05) is 18.4 Å². The Morgan fingerprint density at radius 3 is 2.82 bits per heavy atom. The van der Waals surface area contributed by atoms with E-state index in [1.165, 1.54) is 17.8 Å². The third-order valence-electron chi connectivity index (χ3n) is 2.23. The summed E-state index contributed by atoms with van der Waals surface area (Å²) in [5.74, 6) is -0.282. The molecule has 0 aliphatic heterocycles. The maximum Gasteiger partial charge on any atom is 0.137 e. The lowest BCUT2D eigenvalue weighted by Crippen LogP contribution is -2.07. The summed E-state index contributed by atoms with van der Waals surface area (Å²) in [7, 11) is 0. The lowest BCUT2D eigenvalue weighted by Gasteiger charge is -2.12. The first kappa shape index (κ1) is 12.0. The van der Waals surface area contributed by atoms with Crippen LogP contribution in [-0.4, -0.2) is 9.97 Å². The summed E-state index contributed by atoms with van der Waals surface area (Å²) < 4.78 is 13.8. The van der Waals surface area contributed by atoms with Crippen molar-refractivity contribution in [2.24, 2.45) is 5.73 Å². The first-order chi connectivity index (χ1) is 8.18. The monoisotopic (exact) mass is 249 g/mol. The zero-order valence-electron chi connectivity index (χ0n) is 9.30. The summed E-state index contributed by atoms with van der Waals surface area (Å²) in [6.45, 7) is 1.83. The van der Waals surface area contributed by atoms with Crippen molar-refractivity contribution in [3.63, 3.8) is 0 Å². The smallest absolute Gasteiger partial charge is 0.137 e. The Hall–Kier alpha value is -1.46. The van der Waals surface area contributed by atoms with E-state index < -0.39 is 0 Å². The van der Waals surface area contributed by atoms with Crippen LogP contribution in [0.4, 0.5) is 4.39 Å². The van der Waals surface area contributed by atoms with E-state index in [1.807, 2.05) is 13.0 Å². The molecule has 2 aromatic rings. The number of hydrogen-bond donors (Lipinski definition) is 1. The topological polar surface area (TPSA) is 51.8 Å². The Kier molecular flexibility index (Phi) is 3.71. The van der Waals surface area contributed by atoms with Gasteiger partial charge in [-0.25, -0.2) is 9.37 Å². The normalized spacial score (nSPS) is 12.4. The first-order valence-electron chi connectivity index (χ1n) is 5.16. The Labute approximate surface area is 103 Å². The van der Waals surface area contributed by atoms with Crippen molar-refractivity contribution < 1.29 is 4.39 Å². The van der Waals surface area contributed by atoms with E-state index >= 15 is 0 Å². The van der Waals surface area contributed by atoms with Gasteiger partial charge in [-0.2, -0.15) is 0 Å². The molecule has 0 fully saturated rings. The van der Waals surface area contributed by atoms with Crippen LogP contribution in [0.5, 0.6) is 0 Å². The van der Waals surface area contributed by atoms with Crippen molar-refractivity contribution in [1.82, 2.24) is 9.97 Å². The minimum absolute atomic E-state index is 0.218. The van der Waals surface area contributed by atoms with Gasteiger partial charge in [0.15, 0.2) is 0 Å². The lowest BCUT2D eigenvalue weighted by molar-refractivity contribution is 0.591. The summed E-state index contributed by atoms with van der Waals surface area (Å²) >= 11 is 1.24. The molecule has 2 N–H and O–H groups in total. The zero-order chi connectivity index (χ0) is 12.3. The van der Waals surface area contributed by atoms with Crippen molar-refractivity contribution in [2.75, 3.05) is 0 Å². The van der Waals surface area contributed by atoms with Crippen LogP contribution in [0.1, 0.15) is 18.5 Å². The Balaban J connectivity index is 2.38. The molecule has 1 atom stereocenters. The van der Waals surface area contributed by atoms with Gasteiger partial charge in [-0.05, 0) is 18.6 Å².